The quantitative estimate of drug-likeness (QED) is 0.365. The van der Waals surface area contributed by atoms with Crippen molar-refractivity contribution in [2.24, 2.45) is 7.05 Å². The standard InChI is InChI=1S/C26H23N4/c1-15-9-10-20-21(11-15)27-14-29(4)25(20)23-17(3)18-7-5-6-8-19(18)26-24(23)28-22-12-16(2)13-30(22)26/h5-11,13-14H,12H2,1-4H3/q+1. The normalized spacial score (nSPS) is 13.4. The molecule has 3 heterocycles. The average Bonchev–Trinajstić information content (AvgIpc) is 3.25. The van der Waals surface area contributed by atoms with Gasteiger partial charge in [-0.25, -0.2) is 9.55 Å². The Bertz CT molecular complexity index is 1550. The minimum atomic E-state index is 0.907. The fraction of sp³-hybridized carbons (Fsp3) is 0.192. The summed E-state index contributed by atoms with van der Waals surface area (Å²) in [5, 5.41) is 3.69. The summed E-state index contributed by atoms with van der Waals surface area (Å²) in [4.78, 5) is 9.86. The molecule has 4 heteroatoms. The zero-order valence-corrected chi connectivity index (χ0v) is 17.7. The van der Waals surface area contributed by atoms with Gasteiger partial charge in [-0.2, -0.15) is 0 Å². The van der Waals surface area contributed by atoms with Gasteiger partial charge in [0.25, 0.3) is 6.33 Å². The molecule has 0 fully saturated rings. The number of benzene rings is 3. The van der Waals surface area contributed by atoms with E-state index in [0.717, 1.165) is 28.7 Å². The summed E-state index contributed by atoms with van der Waals surface area (Å²) >= 11 is 0. The van der Waals surface area contributed by atoms with Crippen LogP contribution in [0.2, 0.25) is 0 Å². The van der Waals surface area contributed by atoms with E-state index in [1.807, 2.05) is 6.33 Å². The fourth-order valence-corrected chi connectivity index (χ4v) is 4.96. The maximum Gasteiger partial charge on any atom is 0.287 e. The van der Waals surface area contributed by atoms with Gasteiger partial charge in [-0.3, -0.25) is 0 Å². The van der Waals surface area contributed by atoms with Gasteiger partial charge in [0.1, 0.15) is 17.0 Å². The van der Waals surface area contributed by atoms with Gasteiger partial charge in [-0.1, -0.05) is 30.3 Å². The van der Waals surface area contributed by atoms with Crippen molar-refractivity contribution in [1.29, 1.82) is 0 Å². The van der Waals surface area contributed by atoms with Crippen LogP contribution in [0, 0.1) is 13.8 Å². The third kappa shape index (κ3) is 2.25. The SMILES string of the molecule is CC1=Cn2c(nc3c(-c4c5ccc(C)cc5nc[n+]4C)c(C)c4ccccc4c32)C1. The molecule has 0 N–H and O–H groups in total. The van der Waals surface area contributed by atoms with Gasteiger partial charge in [-0.15, -0.1) is 0 Å². The van der Waals surface area contributed by atoms with Gasteiger partial charge < -0.3 is 4.57 Å². The van der Waals surface area contributed by atoms with E-state index in [1.165, 1.54) is 44.2 Å². The molecule has 0 bridgehead atoms. The first kappa shape index (κ1) is 17.3. The van der Waals surface area contributed by atoms with Crippen LogP contribution >= 0.6 is 0 Å². The summed E-state index contributed by atoms with van der Waals surface area (Å²) < 4.78 is 4.43. The Hall–Kier alpha value is -3.53. The van der Waals surface area contributed by atoms with Crippen LogP contribution in [0.4, 0.5) is 0 Å². The van der Waals surface area contributed by atoms with E-state index in [1.54, 1.807) is 0 Å². The molecule has 3 aromatic carbocycles. The van der Waals surface area contributed by atoms with Crippen molar-refractivity contribution >= 4 is 38.9 Å². The average molecular weight is 391 g/mol. The second-order valence-corrected chi connectivity index (χ2v) is 8.52. The van der Waals surface area contributed by atoms with Crippen molar-refractivity contribution in [1.82, 2.24) is 14.5 Å². The molecule has 2 aromatic heterocycles. The number of hydrogen-bond donors (Lipinski definition) is 0. The van der Waals surface area contributed by atoms with Crippen LogP contribution in [0.15, 0.2) is 54.4 Å². The van der Waals surface area contributed by atoms with E-state index in [2.05, 4.69) is 90.6 Å². The number of aromatic nitrogens is 4. The lowest BCUT2D eigenvalue weighted by atomic mass is 9.93. The Morgan fingerprint density at radius 1 is 0.967 bits per heavy atom. The van der Waals surface area contributed by atoms with Crippen LogP contribution in [0.5, 0.6) is 0 Å². The van der Waals surface area contributed by atoms with E-state index < -0.39 is 0 Å². The zero-order valence-electron chi connectivity index (χ0n) is 17.7. The van der Waals surface area contributed by atoms with Gasteiger partial charge >= 0.3 is 0 Å². The molecule has 0 atom stereocenters. The van der Waals surface area contributed by atoms with Crippen LogP contribution in [-0.4, -0.2) is 14.5 Å². The monoisotopic (exact) mass is 391 g/mol. The van der Waals surface area contributed by atoms with Gasteiger partial charge in [0.2, 0.25) is 0 Å². The van der Waals surface area contributed by atoms with Crippen LogP contribution < -0.4 is 4.57 Å². The van der Waals surface area contributed by atoms with Crippen molar-refractivity contribution in [3.8, 4) is 11.3 Å². The molecule has 0 radical (unpaired) electrons. The first-order valence-electron chi connectivity index (χ1n) is 10.4. The molecule has 0 aliphatic carbocycles. The van der Waals surface area contributed by atoms with Gasteiger partial charge in [0, 0.05) is 18.0 Å². The number of hydrogen-bond acceptors (Lipinski definition) is 2. The summed E-state index contributed by atoms with van der Waals surface area (Å²) in [6.45, 7) is 6.52. The first-order valence-corrected chi connectivity index (χ1v) is 10.4. The lowest BCUT2D eigenvalue weighted by Crippen LogP contribution is -2.32. The Morgan fingerprint density at radius 2 is 1.77 bits per heavy atom. The molecule has 146 valence electrons. The molecule has 30 heavy (non-hydrogen) atoms. The van der Waals surface area contributed by atoms with E-state index in [9.17, 15) is 0 Å². The first-order chi connectivity index (χ1) is 14.5. The second kappa shape index (κ2) is 5.99. The number of imidazole rings is 1. The van der Waals surface area contributed by atoms with Crippen LogP contribution in [0.25, 0.3) is 50.2 Å². The summed E-state index contributed by atoms with van der Waals surface area (Å²) in [5.74, 6) is 1.12. The number of nitrogens with zero attached hydrogens (tertiary/aromatic N) is 4. The largest absolute Gasteiger partial charge is 0.302 e. The molecular weight excluding hydrogens is 368 g/mol. The topological polar surface area (TPSA) is 34.6 Å². The van der Waals surface area contributed by atoms with Gasteiger partial charge in [0.15, 0.2) is 5.52 Å². The highest BCUT2D eigenvalue weighted by Gasteiger charge is 2.26. The zero-order chi connectivity index (χ0) is 20.6. The van der Waals surface area contributed by atoms with E-state index in [-0.39, 0.29) is 0 Å². The number of aryl methyl sites for hydroxylation is 3. The third-order valence-electron chi connectivity index (χ3n) is 6.34. The Balaban J connectivity index is 1.86. The Morgan fingerprint density at radius 3 is 2.60 bits per heavy atom. The van der Waals surface area contributed by atoms with Gasteiger partial charge in [0.05, 0.1) is 23.5 Å². The lowest BCUT2D eigenvalue weighted by Gasteiger charge is -2.14. The molecule has 5 aromatic rings. The smallest absolute Gasteiger partial charge is 0.287 e. The summed E-state index contributed by atoms with van der Waals surface area (Å²) in [6.07, 6.45) is 5.07. The maximum absolute atomic E-state index is 5.17. The molecule has 0 amide bonds. The fourth-order valence-electron chi connectivity index (χ4n) is 4.96. The molecular formula is C26H23N4+. The van der Waals surface area contributed by atoms with Crippen molar-refractivity contribution in [2.75, 3.05) is 0 Å². The molecule has 0 saturated carbocycles. The van der Waals surface area contributed by atoms with Crippen LogP contribution in [0.1, 0.15) is 23.9 Å². The van der Waals surface area contributed by atoms with E-state index in [4.69, 9.17) is 4.98 Å². The molecule has 6 rings (SSSR count). The van der Waals surface area contributed by atoms with Crippen molar-refractivity contribution in [3.63, 3.8) is 0 Å². The lowest BCUT2D eigenvalue weighted by molar-refractivity contribution is -0.662. The highest BCUT2D eigenvalue weighted by Crippen LogP contribution is 2.41. The molecule has 4 nitrogen and oxygen atoms in total. The highest BCUT2D eigenvalue weighted by atomic mass is 15.1. The minimum Gasteiger partial charge on any atom is -0.302 e. The highest BCUT2D eigenvalue weighted by molar-refractivity contribution is 6.15. The summed E-state index contributed by atoms with van der Waals surface area (Å²) in [5.41, 5.74) is 9.51. The number of fused-ring (bicyclic) bond motifs is 6. The molecule has 0 unspecified atom stereocenters. The number of rotatable bonds is 1. The predicted octanol–water partition coefficient (Wildman–Crippen LogP) is 5.26. The Labute approximate surface area is 175 Å². The third-order valence-corrected chi connectivity index (χ3v) is 6.34. The van der Waals surface area contributed by atoms with Crippen LogP contribution in [0.3, 0.4) is 0 Å². The van der Waals surface area contributed by atoms with Crippen molar-refractivity contribution in [2.45, 2.75) is 27.2 Å². The Kier molecular flexibility index (Phi) is 3.46. The number of allylic oxidation sites excluding steroid dienone is 1. The summed E-state index contributed by atoms with van der Waals surface area (Å²) in [6, 6.07) is 15.2. The van der Waals surface area contributed by atoms with Crippen molar-refractivity contribution < 1.29 is 4.57 Å². The summed E-state index contributed by atoms with van der Waals surface area (Å²) in [7, 11) is 2.08. The predicted molar refractivity (Wildman–Crippen MR) is 122 cm³/mol. The second-order valence-electron chi connectivity index (χ2n) is 8.52. The van der Waals surface area contributed by atoms with E-state index in [0.29, 0.717) is 0 Å². The van der Waals surface area contributed by atoms with Crippen LogP contribution in [-0.2, 0) is 13.5 Å². The maximum atomic E-state index is 5.17. The molecule has 1 aliphatic heterocycles. The van der Waals surface area contributed by atoms with E-state index >= 15 is 0 Å². The molecule has 0 spiro atoms. The molecule has 1 aliphatic rings. The minimum absolute atomic E-state index is 0.907. The van der Waals surface area contributed by atoms with Gasteiger partial charge in [-0.05, 0) is 60.0 Å². The molecule has 0 saturated heterocycles. The van der Waals surface area contributed by atoms with Crippen molar-refractivity contribution in [3.05, 3.63) is 71.3 Å².